The summed E-state index contributed by atoms with van der Waals surface area (Å²) in [5.41, 5.74) is 3.62. The zero-order chi connectivity index (χ0) is 19.0. The average molecular weight is 513 g/mol. The Morgan fingerprint density at radius 2 is 1.85 bits per heavy atom. The number of carbonyl (C=O) groups excluding carboxylic acids is 1. The number of pyridine rings is 1. The number of benzene rings is 1. The Labute approximate surface area is 179 Å². The summed E-state index contributed by atoms with van der Waals surface area (Å²) in [5, 5.41) is 1.61. The number of rotatable bonds is 3. The highest BCUT2D eigenvalue weighted by Crippen LogP contribution is 2.36. The fourth-order valence-electron chi connectivity index (χ4n) is 3.29. The number of carbonyl (C=O) groups is 1. The minimum absolute atomic E-state index is 0.100. The van der Waals surface area contributed by atoms with E-state index in [0.29, 0.717) is 5.02 Å². The second kappa shape index (κ2) is 7.98. The number of piperazine rings is 1. The van der Waals surface area contributed by atoms with E-state index >= 15 is 0 Å². The smallest absolute Gasteiger partial charge is 0.253 e. The van der Waals surface area contributed by atoms with E-state index in [2.05, 4.69) is 42.1 Å². The van der Waals surface area contributed by atoms with Crippen LogP contribution in [0.1, 0.15) is 10.4 Å². The van der Waals surface area contributed by atoms with Crippen LogP contribution in [0.5, 0.6) is 0 Å². The van der Waals surface area contributed by atoms with Crippen molar-refractivity contribution >= 4 is 58.9 Å². The molecule has 0 N–H and O–H groups in total. The molecule has 0 spiro atoms. The molecule has 1 aliphatic rings. The van der Waals surface area contributed by atoms with E-state index in [0.717, 1.165) is 54.0 Å². The maximum Gasteiger partial charge on any atom is 0.253 e. The van der Waals surface area contributed by atoms with E-state index < -0.39 is 0 Å². The summed E-state index contributed by atoms with van der Waals surface area (Å²) < 4.78 is 2.05. The van der Waals surface area contributed by atoms with Crippen molar-refractivity contribution in [3.63, 3.8) is 0 Å². The largest absolute Gasteiger partial charge is 0.336 e. The fraction of sp³-hybridized carbons (Fsp3) is 0.263. The van der Waals surface area contributed by atoms with Gasteiger partial charge in [0.2, 0.25) is 0 Å². The Kier molecular flexibility index (Phi) is 5.63. The molecule has 3 aromatic rings. The molecule has 3 heterocycles. The zero-order valence-corrected chi connectivity index (χ0v) is 18.5. The molecule has 0 bridgehead atoms. The highest BCUT2D eigenvalue weighted by atomic mass is 127. The minimum atomic E-state index is 0.100. The van der Waals surface area contributed by atoms with Crippen LogP contribution in [0, 0.1) is 0 Å². The predicted molar refractivity (Wildman–Crippen MR) is 121 cm³/mol. The van der Waals surface area contributed by atoms with Crippen molar-refractivity contribution in [3.05, 3.63) is 53.2 Å². The maximum absolute atomic E-state index is 12.7. The first-order chi connectivity index (χ1) is 13.1. The first-order valence-electron chi connectivity index (χ1n) is 8.62. The van der Waals surface area contributed by atoms with E-state index in [9.17, 15) is 4.79 Å². The number of hydrogen-bond donors (Lipinski definition) is 0. The molecule has 1 saturated heterocycles. The minimum Gasteiger partial charge on any atom is -0.336 e. The summed E-state index contributed by atoms with van der Waals surface area (Å²) in [4.78, 5) is 21.4. The molecule has 1 fully saturated rings. The molecule has 2 aromatic heterocycles. The molecular formula is C19H18ClIN4OS. The van der Waals surface area contributed by atoms with Gasteiger partial charge in [-0.3, -0.25) is 8.77 Å². The van der Waals surface area contributed by atoms with Crippen LogP contribution in [0.25, 0.3) is 22.3 Å². The number of amides is 1. The van der Waals surface area contributed by atoms with Gasteiger partial charge in [0.1, 0.15) is 0 Å². The van der Waals surface area contributed by atoms with Gasteiger partial charge in [-0.2, -0.15) is 0 Å². The highest BCUT2D eigenvalue weighted by molar-refractivity contribution is 14.2. The number of likely N-dealkylation sites (N-methyl/N-ethyl adjacent to an activating group) is 1. The zero-order valence-electron chi connectivity index (χ0n) is 14.7. The van der Waals surface area contributed by atoms with Gasteiger partial charge >= 0.3 is 0 Å². The van der Waals surface area contributed by atoms with Crippen LogP contribution in [-0.4, -0.2) is 57.9 Å². The van der Waals surface area contributed by atoms with Crippen molar-refractivity contribution in [1.29, 1.82) is 0 Å². The second-order valence-electron chi connectivity index (χ2n) is 6.60. The molecule has 0 atom stereocenters. The van der Waals surface area contributed by atoms with E-state index in [4.69, 9.17) is 11.6 Å². The second-order valence-corrected chi connectivity index (χ2v) is 8.69. The first-order valence-corrected chi connectivity index (χ1v) is 12.3. The summed E-state index contributed by atoms with van der Waals surface area (Å²) >= 11 is 8.57. The van der Waals surface area contributed by atoms with Crippen molar-refractivity contribution in [1.82, 2.24) is 18.8 Å². The topological polar surface area (TPSA) is 41.4 Å². The van der Waals surface area contributed by atoms with Crippen molar-refractivity contribution in [2.45, 2.75) is 0 Å². The molecule has 1 aromatic carbocycles. The van der Waals surface area contributed by atoms with Gasteiger partial charge in [0.05, 0.1) is 10.7 Å². The van der Waals surface area contributed by atoms with Crippen LogP contribution < -0.4 is 0 Å². The van der Waals surface area contributed by atoms with E-state index in [-0.39, 0.29) is 5.91 Å². The molecule has 4 rings (SSSR count). The fourth-order valence-corrected chi connectivity index (χ4v) is 5.13. The lowest BCUT2D eigenvalue weighted by molar-refractivity contribution is 0.0664. The maximum atomic E-state index is 12.7. The molecule has 27 heavy (non-hydrogen) atoms. The third-order valence-electron chi connectivity index (χ3n) is 4.90. The van der Waals surface area contributed by atoms with Crippen LogP contribution in [0.3, 0.4) is 0 Å². The van der Waals surface area contributed by atoms with Gasteiger partial charge in [0.15, 0.2) is 5.65 Å². The molecule has 1 aliphatic heterocycles. The van der Waals surface area contributed by atoms with Crippen LogP contribution in [0.2, 0.25) is 5.02 Å². The van der Waals surface area contributed by atoms with Gasteiger partial charge in [0.25, 0.3) is 5.91 Å². The van der Waals surface area contributed by atoms with Gasteiger partial charge in [-0.15, -0.1) is 0 Å². The Morgan fingerprint density at radius 3 is 2.52 bits per heavy atom. The molecule has 140 valence electrons. The summed E-state index contributed by atoms with van der Waals surface area (Å²) in [6.45, 7) is 3.40. The standard InChI is InChI=1S/C19H18ClIN4OS/c1-23-8-10-24(11-9-23)19(26)14-4-2-13(3-5-14)17-12-15-16(20)6-7-22-18(15)25(17)27-21/h2-7,12H,8-11H2,1H3. The Balaban J connectivity index is 1.64. The number of halogens is 2. The summed E-state index contributed by atoms with van der Waals surface area (Å²) in [5.74, 6) is 0.100. The number of hydrogen-bond acceptors (Lipinski definition) is 4. The van der Waals surface area contributed by atoms with E-state index in [1.54, 1.807) is 21.4 Å². The molecule has 0 unspecified atom stereocenters. The normalized spacial score (nSPS) is 15.4. The summed E-state index contributed by atoms with van der Waals surface area (Å²) in [6.07, 6.45) is 1.72. The summed E-state index contributed by atoms with van der Waals surface area (Å²) in [7, 11) is 3.64. The SMILES string of the molecule is CN1CCN(C(=O)c2ccc(-c3cc4c(Cl)ccnc4n3SI)cc2)CC1. The molecule has 0 radical (unpaired) electrons. The Morgan fingerprint density at radius 1 is 1.15 bits per heavy atom. The number of aromatic nitrogens is 2. The number of nitrogens with zero attached hydrogens (tertiary/aromatic N) is 4. The molecule has 1 amide bonds. The van der Waals surface area contributed by atoms with E-state index in [1.807, 2.05) is 35.2 Å². The lowest BCUT2D eigenvalue weighted by Crippen LogP contribution is -2.47. The molecular weight excluding hydrogens is 495 g/mol. The van der Waals surface area contributed by atoms with Gasteiger partial charge in [-0.25, -0.2) is 4.98 Å². The molecule has 5 nitrogen and oxygen atoms in total. The van der Waals surface area contributed by atoms with Gasteiger partial charge in [0, 0.05) is 73.7 Å². The van der Waals surface area contributed by atoms with Crippen molar-refractivity contribution in [2.75, 3.05) is 33.2 Å². The van der Waals surface area contributed by atoms with Gasteiger partial charge in [-0.05, 0) is 36.9 Å². The third kappa shape index (κ3) is 3.70. The molecule has 8 heteroatoms. The summed E-state index contributed by atoms with van der Waals surface area (Å²) in [6, 6.07) is 11.7. The van der Waals surface area contributed by atoms with Gasteiger partial charge < -0.3 is 9.80 Å². The van der Waals surface area contributed by atoms with Crippen molar-refractivity contribution in [3.8, 4) is 11.3 Å². The lowest BCUT2D eigenvalue weighted by atomic mass is 10.1. The van der Waals surface area contributed by atoms with Gasteiger partial charge in [-0.1, -0.05) is 23.7 Å². The van der Waals surface area contributed by atoms with Crippen LogP contribution in [0.15, 0.2) is 42.6 Å². The Hall–Kier alpha value is -1.29. The monoisotopic (exact) mass is 512 g/mol. The Bertz CT molecular complexity index is 983. The van der Waals surface area contributed by atoms with Crippen LogP contribution in [-0.2, 0) is 0 Å². The van der Waals surface area contributed by atoms with Crippen LogP contribution >= 0.6 is 41.9 Å². The molecule has 0 saturated carbocycles. The third-order valence-corrected chi connectivity index (χ3v) is 6.91. The average Bonchev–Trinajstić information content (AvgIpc) is 3.08. The molecule has 0 aliphatic carbocycles. The van der Waals surface area contributed by atoms with Crippen molar-refractivity contribution in [2.24, 2.45) is 0 Å². The van der Waals surface area contributed by atoms with E-state index in [1.165, 1.54) is 0 Å². The lowest BCUT2D eigenvalue weighted by Gasteiger charge is -2.32. The quantitative estimate of drug-likeness (QED) is 0.482. The predicted octanol–water partition coefficient (Wildman–Crippen LogP) is 4.59. The van der Waals surface area contributed by atoms with Crippen LogP contribution in [0.4, 0.5) is 0 Å². The van der Waals surface area contributed by atoms with Crippen molar-refractivity contribution < 1.29 is 4.79 Å². The number of fused-ring (bicyclic) bond motifs is 1. The highest BCUT2D eigenvalue weighted by Gasteiger charge is 2.21. The first kappa shape index (κ1) is 19.0.